The summed E-state index contributed by atoms with van der Waals surface area (Å²) in [4.78, 5) is 13.9. The van der Waals surface area contributed by atoms with E-state index in [-0.39, 0.29) is 5.56 Å². The lowest BCUT2D eigenvalue weighted by molar-refractivity contribution is 0.955. The van der Waals surface area contributed by atoms with Crippen LogP contribution in [0.25, 0.3) is 10.9 Å². The summed E-state index contributed by atoms with van der Waals surface area (Å²) >= 11 is 3.38. The molecule has 0 saturated carbocycles. The number of H-pyrrole nitrogens is 1. The number of aromatic nitrogens is 2. The van der Waals surface area contributed by atoms with E-state index in [2.05, 4.69) is 20.9 Å². The minimum absolute atomic E-state index is 0.0549. The molecular weight excluding hydrogens is 220 g/mol. The third-order valence-electron chi connectivity index (χ3n) is 1.85. The van der Waals surface area contributed by atoms with Crippen molar-refractivity contribution in [2.24, 2.45) is 7.05 Å². The minimum atomic E-state index is -0.0549. The van der Waals surface area contributed by atoms with Crippen molar-refractivity contribution in [1.82, 2.24) is 9.55 Å². The van der Waals surface area contributed by atoms with Crippen LogP contribution in [0.5, 0.6) is 0 Å². The highest BCUT2D eigenvalue weighted by atomic mass is 79.9. The SMILES string of the molecule is Cn1cc(Br)c2cc[nH]c(=O)c21. The maximum Gasteiger partial charge on any atom is 0.272 e. The Bertz CT molecular complexity index is 483. The van der Waals surface area contributed by atoms with Gasteiger partial charge in [0.25, 0.3) is 5.56 Å². The first kappa shape index (κ1) is 7.61. The average molecular weight is 227 g/mol. The lowest BCUT2D eigenvalue weighted by Gasteiger charge is -1.91. The fourth-order valence-electron chi connectivity index (χ4n) is 1.32. The topological polar surface area (TPSA) is 37.8 Å². The fourth-order valence-corrected chi connectivity index (χ4v) is 1.94. The zero-order valence-corrected chi connectivity index (χ0v) is 8.05. The molecule has 3 nitrogen and oxygen atoms in total. The highest BCUT2D eigenvalue weighted by molar-refractivity contribution is 9.10. The first-order valence-electron chi connectivity index (χ1n) is 3.52. The van der Waals surface area contributed by atoms with E-state index >= 15 is 0 Å². The van der Waals surface area contributed by atoms with E-state index in [9.17, 15) is 4.79 Å². The number of aryl methyl sites for hydroxylation is 1. The number of hydrogen-bond donors (Lipinski definition) is 1. The van der Waals surface area contributed by atoms with Crippen LogP contribution in [0.1, 0.15) is 0 Å². The Morgan fingerprint density at radius 1 is 1.58 bits per heavy atom. The molecule has 0 fully saturated rings. The van der Waals surface area contributed by atoms with Crippen LogP contribution in [0.15, 0.2) is 27.7 Å². The molecule has 2 heterocycles. The van der Waals surface area contributed by atoms with Crippen molar-refractivity contribution in [3.8, 4) is 0 Å². The number of aromatic amines is 1. The van der Waals surface area contributed by atoms with Crippen LogP contribution in [-0.2, 0) is 7.05 Å². The van der Waals surface area contributed by atoms with Gasteiger partial charge in [-0.1, -0.05) is 0 Å². The minimum Gasteiger partial charge on any atom is -0.345 e. The molecule has 0 aromatic carbocycles. The van der Waals surface area contributed by atoms with Crippen molar-refractivity contribution in [3.05, 3.63) is 33.3 Å². The molecule has 62 valence electrons. The first-order valence-corrected chi connectivity index (χ1v) is 4.31. The quantitative estimate of drug-likeness (QED) is 0.729. The van der Waals surface area contributed by atoms with Gasteiger partial charge in [0.15, 0.2) is 0 Å². The van der Waals surface area contributed by atoms with Gasteiger partial charge in [-0.2, -0.15) is 0 Å². The molecule has 1 N–H and O–H groups in total. The molecule has 0 aliphatic heterocycles. The molecule has 0 bridgehead atoms. The zero-order valence-electron chi connectivity index (χ0n) is 6.47. The summed E-state index contributed by atoms with van der Waals surface area (Å²) in [6, 6.07) is 1.88. The largest absolute Gasteiger partial charge is 0.345 e. The van der Waals surface area contributed by atoms with Gasteiger partial charge in [-0.3, -0.25) is 4.79 Å². The van der Waals surface area contributed by atoms with Crippen LogP contribution in [-0.4, -0.2) is 9.55 Å². The van der Waals surface area contributed by atoms with Crippen LogP contribution in [0.4, 0.5) is 0 Å². The number of hydrogen-bond acceptors (Lipinski definition) is 1. The maximum atomic E-state index is 11.3. The Morgan fingerprint density at radius 2 is 2.33 bits per heavy atom. The first-order chi connectivity index (χ1) is 5.70. The van der Waals surface area contributed by atoms with E-state index in [1.165, 1.54) is 0 Å². The van der Waals surface area contributed by atoms with Crippen LogP contribution < -0.4 is 5.56 Å². The lowest BCUT2D eigenvalue weighted by Crippen LogP contribution is -2.07. The molecule has 0 atom stereocenters. The molecule has 0 aliphatic rings. The van der Waals surface area contributed by atoms with Crippen LogP contribution in [0.3, 0.4) is 0 Å². The van der Waals surface area contributed by atoms with E-state index in [0.717, 1.165) is 9.86 Å². The number of rotatable bonds is 0. The Kier molecular flexibility index (Phi) is 1.58. The number of nitrogens with one attached hydrogen (secondary N) is 1. The zero-order chi connectivity index (χ0) is 8.72. The van der Waals surface area contributed by atoms with Crippen LogP contribution >= 0.6 is 15.9 Å². The standard InChI is InChI=1S/C8H7BrN2O/c1-11-4-6(9)5-2-3-10-8(12)7(5)11/h2-4H,1H3,(H,10,12). The van der Waals surface area contributed by atoms with Gasteiger partial charge in [-0.05, 0) is 22.0 Å². The number of pyridine rings is 1. The Hall–Kier alpha value is -1.03. The Labute approximate surface area is 77.1 Å². The van der Waals surface area contributed by atoms with Gasteiger partial charge < -0.3 is 9.55 Å². The molecular formula is C8H7BrN2O. The normalized spacial score (nSPS) is 10.8. The van der Waals surface area contributed by atoms with Gasteiger partial charge >= 0.3 is 0 Å². The molecule has 2 rings (SSSR count). The molecule has 0 unspecified atom stereocenters. The summed E-state index contributed by atoms with van der Waals surface area (Å²) in [7, 11) is 1.85. The van der Waals surface area contributed by atoms with Crippen LogP contribution in [0.2, 0.25) is 0 Å². The van der Waals surface area contributed by atoms with Gasteiger partial charge in [0.1, 0.15) is 5.52 Å². The van der Waals surface area contributed by atoms with Crippen molar-refractivity contribution < 1.29 is 0 Å². The van der Waals surface area contributed by atoms with Gasteiger partial charge in [-0.25, -0.2) is 0 Å². The number of fused-ring (bicyclic) bond motifs is 1. The molecule has 2 aromatic rings. The number of nitrogens with zero attached hydrogens (tertiary/aromatic N) is 1. The summed E-state index contributed by atoms with van der Waals surface area (Å²) < 4.78 is 2.75. The van der Waals surface area contributed by atoms with Crippen molar-refractivity contribution in [2.75, 3.05) is 0 Å². The van der Waals surface area contributed by atoms with E-state index in [4.69, 9.17) is 0 Å². The molecule has 2 aromatic heterocycles. The maximum absolute atomic E-state index is 11.3. The molecule has 0 saturated heterocycles. The average Bonchev–Trinajstić information content (AvgIpc) is 2.29. The van der Waals surface area contributed by atoms with Gasteiger partial charge in [0.2, 0.25) is 0 Å². The molecule has 0 amide bonds. The highest BCUT2D eigenvalue weighted by Crippen LogP contribution is 2.21. The molecule has 0 aliphatic carbocycles. The lowest BCUT2D eigenvalue weighted by atomic mass is 10.3. The van der Waals surface area contributed by atoms with Gasteiger partial charge in [0.05, 0.1) is 0 Å². The predicted molar refractivity (Wildman–Crippen MR) is 51.2 cm³/mol. The summed E-state index contributed by atoms with van der Waals surface area (Å²) in [6.07, 6.45) is 3.52. The van der Waals surface area contributed by atoms with Crippen molar-refractivity contribution in [3.63, 3.8) is 0 Å². The molecule has 0 spiro atoms. The second-order valence-electron chi connectivity index (χ2n) is 2.66. The summed E-state index contributed by atoms with van der Waals surface area (Å²) in [5, 5.41) is 0.946. The van der Waals surface area contributed by atoms with E-state index in [1.54, 1.807) is 10.8 Å². The molecule has 4 heteroatoms. The Morgan fingerprint density at radius 3 is 3.00 bits per heavy atom. The summed E-state index contributed by atoms with van der Waals surface area (Å²) in [5.41, 5.74) is 0.644. The molecule has 0 radical (unpaired) electrons. The van der Waals surface area contributed by atoms with Gasteiger partial charge in [-0.15, -0.1) is 0 Å². The summed E-state index contributed by atoms with van der Waals surface area (Å²) in [6.45, 7) is 0. The monoisotopic (exact) mass is 226 g/mol. The molecule has 12 heavy (non-hydrogen) atoms. The third-order valence-corrected chi connectivity index (χ3v) is 2.48. The van der Waals surface area contributed by atoms with Crippen molar-refractivity contribution in [1.29, 1.82) is 0 Å². The Balaban J connectivity index is 3.09. The smallest absolute Gasteiger partial charge is 0.272 e. The second-order valence-corrected chi connectivity index (χ2v) is 3.51. The fraction of sp³-hybridized carbons (Fsp3) is 0.125. The van der Waals surface area contributed by atoms with Crippen LogP contribution in [0, 0.1) is 0 Å². The van der Waals surface area contributed by atoms with E-state index in [1.807, 2.05) is 19.3 Å². The van der Waals surface area contributed by atoms with Crippen molar-refractivity contribution in [2.45, 2.75) is 0 Å². The predicted octanol–water partition coefficient (Wildman–Crippen LogP) is 1.63. The highest BCUT2D eigenvalue weighted by Gasteiger charge is 2.05. The summed E-state index contributed by atoms with van der Waals surface area (Å²) in [5.74, 6) is 0. The van der Waals surface area contributed by atoms with E-state index in [0.29, 0.717) is 5.52 Å². The van der Waals surface area contributed by atoms with Crippen molar-refractivity contribution >= 4 is 26.8 Å². The second kappa shape index (κ2) is 2.48. The number of halogens is 1. The van der Waals surface area contributed by atoms with E-state index < -0.39 is 0 Å². The third kappa shape index (κ3) is 0.914. The van der Waals surface area contributed by atoms with Gasteiger partial charge in [0, 0.05) is 29.3 Å².